The average molecular weight is 202 g/mol. The van der Waals surface area contributed by atoms with Crippen LogP contribution in [-0.4, -0.2) is 68.3 Å². The maximum atomic E-state index is 9.88. The highest BCUT2D eigenvalue weighted by Gasteiger charge is 2.64. The molecule has 0 spiro atoms. The molecule has 0 aromatic rings. The predicted octanol–water partition coefficient (Wildman–Crippen LogP) is -2.52. The first-order valence-electron chi connectivity index (χ1n) is 4.77. The first-order chi connectivity index (χ1) is 6.65. The number of hydrogen-bond acceptors (Lipinski definition) is 5. The molecule has 0 aromatic carbocycles. The van der Waals surface area contributed by atoms with Crippen molar-refractivity contribution in [3.8, 4) is 0 Å². The van der Waals surface area contributed by atoms with Crippen LogP contribution in [0.1, 0.15) is 0 Å². The van der Waals surface area contributed by atoms with Crippen LogP contribution in [0.25, 0.3) is 0 Å². The van der Waals surface area contributed by atoms with Crippen molar-refractivity contribution in [1.29, 1.82) is 0 Å². The van der Waals surface area contributed by atoms with Crippen molar-refractivity contribution in [3.05, 3.63) is 0 Å². The van der Waals surface area contributed by atoms with Gasteiger partial charge in [0.1, 0.15) is 31.8 Å². The standard InChI is InChI=1S/C8H15BO5/c1-12-2-4-8(3-10)6(11)5(13-4)7(9)14-8/h4-7,10-11H,2-3,9H2,1H3/t4-,5+,6-,7+,8-/m0/s1. The zero-order chi connectivity index (χ0) is 10.3. The molecule has 2 N–H and O–H groups in total. The smallest absolute Gasteiger partial charge is 0.147 e. The van der Waals surface area contributed by atoms with Crippen LogP contribution in [0.3, 0.4) is 0 Å². The summed E-state index contributed by atoms with van der Waals surface area (Å²) in [5.74, 6) is 0. The lowest BCUT2D eigenvalue weighted by atomic mass is 9.90. The minimum Gasteiger partial charge on any atom is -0.393 e. The molecule has 2 aliphatic rings. The molecule has 5 nitrogen and oxygen atoms in total. The van der Waals surface area contributed by atoms with Crippen LogP contribution in [0.15, 0.2) is 0 Å². The third-order valence-electron chi connectivity index (χ3n) is 3.11. The summed E-state index contributed by atoms with van der Waals surface area (Å²) < 4.78 is 16.1. The Labute approximate surface area is 83.4 Å². The Kier molecular flexibility index (Phi) is 2.57. The van der Waals surface area contributed by atoms with E-state index in [1.165, 1.54) is 0 Å². The number of methoxy groups -OCH3 is 1. The van der Waals surface area contributed by atoms with Gasteiger partial charge in [-0.1, -0.05) is 0 Å². The van der Waals surface area contributed by atoms with Gasteiger partial charge in [-0.15, -0.1) is 0 Å². The summed E-state index contributed by atoms with van der Waals surface area (Å²) in [5, 5.41) is 19.2. The van der Waals surface area contributed by atoms with E-state index in [9.17, 15) is 10.2 Å². The van der Waals surface area contributed by atoms with Gasteiger partial charge in [-0.25, -0.2) is 0 Å². The molecule has 2 fully saturated rings. The quantitative estimate of drug-likeness (QED) is 0.494. The highest BCUT2D eigenvalue weighted by atomic mass is 16.7. The minimum atomic E-state index is -0.986. The van der Waals surface area contributed by atoms with Crippen LogP contribution in [0.2, 0.25) is 0 Å². The Morgan fingerprint density at radius 3 is 2.79 bits per heavy atom. The van der Waals surface area contributed by atoms with Crippen molar-refractivity contribution in [2.45, 2.75) is 29.9 Å². The van der Waals surface area contributed by atoms with Crippen LogP contribution in [0, 0.1) is 0 Å². The topological polar surface area (TPSA) is 68.2 Å². The molecule has 0 aromatic heterocycles. The molecular weight excluding hydrogens is 187 g/mol. The van der Waals surface area contributed by atoms with Gasteiger partial charge in [0.2, 0.25) is 0 Å². The molecule has 0 saturated carbocycles. The first-order valence-corrected chi connectivity index (χ1v) is 4.77. The van der Waals surface area contributed by atoms with Gasteiger partial charge in [0.15, 0.2) is 0 Å². The molecule has 14 heavy (non-hydrogen) atoms. The Morgan fingerprint density at radius 1 is 1.57 bits per heavy atom. The van der Waals surface area contributed by atoms with Crippen molar-refractivity contribution in [1.82, 2.24) is 0 Å². The van der Waals surface area contributed by atoms with Gasteiger partial charge in [0.25, 0.3) is 0 Å². The van der Waals surface area contributed by atoms with Gasteiger partial charge in [-0.05, 0) is 0 Å². The van der Waals surface area contributed by atoms with Crippen LogP contribution < -0.4 is 0 Å². The lowest BCUT2D eigenvalue weighted by molar-refractivity contribution is -0.192. The fraction of sp³-hybridized carbons (Fsp3) is 1.00. The summed E-state index contributed by atoms with van der Waals surface area (Å²) in [4.78, 5) is 0. The van der Waals surface area contributed by atoms with E-state index in [1.807, 2.05) is 7.85 Å². The Bertz CT molecular complexity index is 226. The molecule has 2 rings (SSSR count). The third-order valence-corrected chi connectivity index (χ3v) is 3.11. The maximum Gasteiger partial charge on any atom is 0.147 e. The van der Waals surface area contributed by atoms with Crippen molar-refractivity contribution < 1.29 is 24.4 Å². The fourth-order valence-electron chi connectivity index (χ4n) is 2.34. The summed E-state index contributed by atoms with van der Waals surface area (Å²) in [6.07, 6.45) is -1.49. The third kappa shape index (κ3) is 1.15. The van der Waals surface area contributed by atoms with E-state index in [4.69, 9.17) is 14.2 Å². The minimum absolute atomic E-state index is 0.176. The molecule has 5 atom stereocenters. The molecule has 2 heterocycles. The van der Waals surface area contributed by atoms with Crippen molar-refractivity contribution in [2.24, 2.45) is 0 Å². The fourth-order valence-corrected chi connectivity index (χ4v) is 2.34. The van der Waals surface area contributed by atoms with E-state index in [0.29, 0.717) is 6.61 Å². The lowest BCUT2D eigenvalue weighted by Crippen LogP contribution is -2.53. The SMILES string of the molecule is B[C@@H]1O[C@@]2(CO)[C@H](COC)O[C@@H]1[C@@H]2O. The molecule has 0 radical (unpaired) electrons. The monoisotopic (exact) mass is 202 g/mol. The van der Waals surface area contributed by atoms with E-state index in [-0.39, 0.29) is 24.8 Å². The Hall–Kier alpha value is -0.135. The second kappa shape index (κ2) is 3.46. The number of aliphatic hydroxyl groups excluding tert-OH is 2. The van der Waals surface area contributed by atoms with Crippen molar-refractivity contribution >= 4 is 7.85 Å². The van der Waals surface area contributed by atoms with Crippen LogP contribution in [-0.2, 0) is 14.2 Å². The largest absolute Gasteiger partial charge is 0.393 e. The second-order valence-electron chi connectivity index (χ2n) is 3.93. The summed E-state index contributed by atoms with van der Waals surface area (Å²) in [6, 6.07) is -0.176. The Balaban J connectivity index is 2.20. The normalized spacial score (nSPS) is 51.4. The van der Waals surface area contributed by atoms with Gasteiger partial charge in [0, 0.05) is 7.11 Å². The predicted molar refractivity (Wildman–Crippen MR) is 49.8 cm³/mol. The number of aliphatic hydroxyl groups is 2. The van der Waals surface area contributed by atoms with Crippen molar-refractivity contribution in [2.75, 3.05) is 20.3 Å². The van der Waals surface area contributed by atoms with Gasteiger partial charge >= 0.3 is 0 Å². The summed E-state index contributed by atoms with van der Waals surface area (Å²) in [6.45, 7) is 0.0733. The summed E-state index contributed by atoms with van der Waals surface area (Å²) in [5.41, 5.74) is -0.986. The molecular formula is C8H15BO5. The number of hydrogen-bond donors (Lipinski definition) is 2. The molecule has 80 valence electrons. The first kappa shape index (κ1) is 10.4. The summed E-state index contributed by atoms with van der Waals surface area (Å²) >= 11 is 0. The van der Waals surface area contributed by atoms with Gasteiger partial charge < -0.3 is 24.4 Å². The molecule has 0 aliphatic carbocycles. The molecule has 2 aliphatic heterocycles. The lowest BCUT2D eigenvalue weighted by Gasteiger charge is -2.34. The maximum absolute atomic E-state index is 9.88. The average Bonchev–Trinajstić information content (AvgIpc) is 2.56. The highest BCUT2D eigenvalue weighted by molar-refractivity contribution is 6.11. The molecule has 0 unspecified atom stereocenters. The Morgan fingerprint density at radius 2 is 2.29 bits per heavy atom. The van der Waals surface area contributed by atoms with E-state index in [2.05, 4.69) is 0 Å². The van der Waals surface area contributed by atoms with Crippen LogP contribution in [0.5, 0.6) is 0 Å². The molecule has 2 bridgehead atoms. The second-order valence-corrected chi connectivity index (χ2v) is 3.93. The van der Waals surface area contributed by atoms with Crippen LogP contribution >= 0.6 is 0 Å². The van der Waals surface area contributed by atoms with E-state index >= 15 is 0 Å². The zero-order valence-corrected chi connectivity index (χ0v) is 8.34. The molecule has 0 amide bonds. The highest BCUT2D eigenvalue weighted by Crippen LogP contribution is 2.43. The van der Waals surface area contributed by atoms with E-state index < -0.39 is 11.7 Å². The van der Waals surface area contributed by atoms with Gasteiger partial charge in [-0.2, -0.15) is 0 Å². The van der Waals surface area contributed by atoms with E-state index in [1.54, 1.807) is 7.11 Å². The number of ether oxygens (including phenoxy) is 3. The molecule has 2 saturated heterocycles. The zero-order valence-electron chi connectivity index (χ0n) is 8.34. The summed E-state index contributed by atoms with van der Waals surface area (Å²) in [7, 11) is 3.38. The van der Waals surface area contributed by atoms with Gasteiger partial charge in [0.05, 0.1) is 19.2 Å². The molecule has 6 heteroatoms. The number of fused-ring (bicyclic) bond motifs is 2. The van der Waals surface area contributed by atoms with Gasteiger partial charge in [-0.3, -0.25) is 0 Å². The van der Waals surface area contributed by atoms with E-state index in [0.717, 1.165) is 0 Å². The van der Waals surface area contributed by atoms with Crippen LogP contribution in [0.4, 0.5) is 0 Å². The van der Waals surface area contributed by atoms with Crippen molar-refractivity contribution in [3.63, 3.8) is 0 Å². The number of rotatable bonds is 3.